The lowest BCUT2D eigenvalue weighted by Crippen LogP contribution is -2.12. The Balaban J connectivity index is 1.86. The van der Waals surface area contributed by atoms with Gasteiger partial charge in [-0.05, 0) is 48.5 Å². The lowest BCUT2D eigenvalue weighted by molar-refractivity contribution is 0.0694. The van der Waals surface area contributed by atoms with Crippen molar-refractivity contribution in [2.45, 2.75) is 0 Å². The van der Waals surface area contributed by atoms with Crippen LogP contribution in [0.3, 0.4) is 0 Å². The molecule has 3 aromatic carbocycles. The average Bonchev–Trinajstić information content (AvgIpc) is 2.73. The predicted molar refractivity (Wildman–Crippen MR) is 116 cm³/mol. The Kier molecular flexibility index (Phi) is 6.50. The molecule has 0 aliphatic heterocycles. The van der Waals surface area contributed by atoms with Crippen molar-refractivity contribution in [3.63, 3.8) is 0 Å². The van der Waals surface area contributed by atoms with Crippen molar-refractivity contribution in [1.29, 1.82) is 0 Å². The summed E-state index contributed by atoms with van der Waals surface area (Å²) in [4.78, 5) is 25.5. The molecule has 0 heterocycles. The molecule has 0 atom stereocenters. The van der Waals surface area contributed by atoms with Crippen LogP contribution in [-0.2, 0) is 0 Å². The molecule has 30 heavy (non-hydrogen) atoms. The van der Waals surface area contributed by atoms with Crippen LogP contribution in [0.25, 0.3) is 0 Å². The number of methoxy groups -OCH3 is 1. The van der Waals surface area contributed by atoms with Crippen molar-refractivity contribution in [1.82, 2.24) is 0 Å². The molecule has 6 nitrogen and oxygen atoms in total. The molecule has 0 amide bonds. The second kappa shape index (κ2) is 9.07. The summed E-state index contributed by atoms with van der Waals surface area (Å²) in [6.45, 7) is 0. The first-order valence-corrected chi connectivity index (χ1v) is 9.48. The van der Waals surface area contributed by atoms with Gasteiger partial charge < -0.3 is 19.5 Å². The maximum absolute atomic E-state index is 12.5. The van der Waals surface area contributed by atoms with Gasteiger partial charge in [0.25, 0.3) is 0 Å². The molecule has 0 unspecified atom stereocenters. The molecule has 1 N–H and O–H groups in total. The van der Waals surface area contributed by atoms with Gasteiger partial charge in [0.1, 0.15) is 0 Å². The monoisotopic (exact) mass is 445 g/mol. The minimum absolute atomic E-state index is 0.176. The highest BCUT2D eigenvalue weighted by molar-refractivity contribution is 6.36. The topological polar surface area (TPSA) is 76.1 Å². The SMILES string of the molecule is COc1cc(N(C)c2cccc(C(=O)O)c2)ccc1OC(=O)c1ccc(Cl)cc1Cl. The zero-order valence-electron chi connectivity index (χ0n) is 16.1. The van der Waals surface area contributed by atoms with Crippen LogP contribution in [-0.4, -0.2) is 31.2 Å². The summed E-state index contributed by atoms with van der Waals surface area (Å²) in [7, 11) is 3.24. The Hall–Kier alpha value is -3.22. The van der Waals surface area contributed by atoms with Crippen molar-refractivity contribution in [2.75, 3.05) is 19.1 Å². The van der Waals surface area contributed by atoms with Crippen molar-refractivity contribution in [3.05, 3.63) is 81.8 Å². The van der Waals surface area contributed by atoms with Gasteiger partial charge in [-0.15, -0.1) is 0 Å². The van der Waals surface area contributed by atoms with Crippen LogP contribution in [0.15, 0.2) is 60.7 Å². The standard InChI is InChI=1S/C22H17Cl2NO5/c1-25(15-5-3-4-13(10-15)21(26)27)16-7-9-19(20(12-16)29-2)30-22(28)17-8-6-14(23)11-18(17)24/h3-12H,1-2H3,(H,26,27). The maximum Gasteiger partial charge on any atom is 0.345 e. The fourth-order valence-corrected chi connectivity index (χ4v) is 3.24. The Morgan fingerprint density at radius 3 is 2.33 bits per heavy atom. The van der Waals surface area contributed by atoms with E-state index in [0.717, 1.165) is 0 Å². The molecule has 154 valence electrons. The third-order valence-electron chi connectivity index (χ3n) is 4.37. The van der Waals surface area contributed by atoms with E-state index in [1.165, 1.54) is 25.3 Å². The summed E-state index contributed by atoms with van der Waals surface area (Å²) >= 11 is 11.9. The van der Waals surface area contributed by atoms with Crippen LogP contribution in [0, 0.1) is 0 Å². The number of rotatable bonds is 6. The average molecular weight is 446 g/mol. The van der Waals surface area contributed by atoms with E-state index in [4.69, 9.17) is 32.7 Å². The van der Waals surface area contributed by atoms with E-state index in [2.05, 4.69) is 0 Å². The Morgan fingerprint density at radius 2 is 1.67 bits per heavy atom. The van der Waals surface area contributed by atoms with E-state index in [1.807, 2.05) is 0 Å². The number of halogens is 2. The molecule has 0 spiro atoms. The largest absolute Gasteiger partial charge is 0.493 e. The summed E-state index contributed by atoms with van der Waals surface area (Å²) in [6.07, 6.45) is 0. The van der Waals surface area contributed by atoms with Gasteiger partial charge >= 0.3 is 11.9 Å². The fraction of sp³-hybridized carbons (Fsp3) is 0.0909. The van der Waals surface area contributed by atoms with E-state index in [-0.39, 0.29) is 21.9 Å². The van der Waals surface area contributed by atoms with Crippen molar-refractivity contribution in [2.24, 2.45) is 0 Å². The van der Waals surface area contributed by atoms with E-state index in [9.17, 15) is 14.7 Å². The maximum atomic E-state index is 12.5. The fourth-order valence-electron chi connectivity index (χ4n) is 2.76. The minimum atomic E-state index is -1.01. The molecule has 0 bridgehead atoms. The van der Waals surface area contributed by atoms with Gasteiger partial charge in [0.05, 0.1) is 23.3 Å². The molecule has 0 fully saturated rings. The van der Waals surface area contributed by atoms with Crippen molar-refractivity contribution >= 4 is 46.5 Å². The number of benzene rings is 3. The molecule has 0 saturated carbocycles. The summed E-state index contributed by atoms with van der Waals surface area (Å²) in [6, 6.07) is 16.0. The van der Waals surface area contributed by atoms with Gasteiger partial charge in [-0.2, -0.15) is 0 Å². The predicted octanol–water partition coefficient (Wildman–Crippen LogP) is 5.69. The van der Waals surface area contributed by atoms with Gasteiger partial charge in [-0.1, -0.05) is 29.3 Å². The molecule has 0 saturated heterocycles. The quantitative estimate of drug-likeness (QED) is 0.388. The molecule has 3 aromatic rings. The molecular weight excluding hydrogens is 429 g/mol. The molecular formula is C22H17Cl2NO5. The number of nitrogens with zero attached hydrogens (tertiary/aromatic N) is 1. The summed E-state index contributed by atoms with van der Waals surface area (Å²) in [5, 5.41) is 9.78. The molecule has 0 aliphatic rings. The Bertz CT molecular complexity index is 1120. The number of carboxylic acid groups (broad SMARTS) is 1. The number of hydrogen-bond acceptors (Lipinski definition) is 5. The van der Waals surface area contributed by atoms with Crippen LogP contribution in [0.2, 0.25) is 10.0 Å². The lowest BCUT2D eigenvalue weighted by atomic mass is 10.1. The zero-order valence-corrected chi connectivity index (χ0v) is 17.6. The normalized spacial score (nSPS) is 10.4. The van der Waals surface area contributed by atoms with Crippen LogP contribution < -0.4 is 14.4 Å². The molecule has 0 aliphatic carbocycles. The first kappa shape index (κ1) is 21.5. The number of ether oxygens (including phenoxy) is 2. The number of anilines is 2. The van der Waals surface area contributed by atoms with E-state index < -0.39 is 11.9 Å². The first-order valence-electron chi connectivity index (χ1n) is 8.72. The first-order chi connectivity index (χ1) is 14.3. The Morgan fingerprint density at radius 1 is 0.933 bits per heavy atom. The Labute approximate surface area is 183 Å². The highest BCUT2D eigenvalue weighted by Gasteiger charge is 2.17. The second-order valence-electron chi connectivity index (χ2n) is 6.26. The van der Waals surface area contributed by atoms with Crippen LogP contribution in [0.4, 0.5) is 11.4 Å². The minimum Gasteiger partial charge on any atom is -0.493 e. The number of aromatic carboxylic acids is 1. The molecule has 3 rings (SSSR count). The van der Waals surface area contributed by atoms with Gasteiger partial charge in [0.2, 0.25) is 0 Å². The summed E-state index contributed by atoms with van der Waals surface area (Å²) in [5.74, 6) is -1.12. The van der Waals surface area contributed by atoms with Gasteiger partial charge in [0, 0.05) is 29.5 Å². The van der Waals surface area contributed by atoms with Crippen LogP contribution >= 0.6 is 23.2 Å². The second-order valence-corrected chi connectivity index (χ2v) is 7.11. The van der Waals surface area contributed by atoms with Crippen LogP contribution in [0.5, 0.6) is 11.5 Å². The number of carboxylic acids is 1. The van der Waals surface area contributed by atoms with E-state index >= 15 is 0 Å². The molecule has 0 radical (unpaired) electrons. The van der Waals surface area contributed by atoms with E-state index in [1.54, 1.807) is 54.4 Å². The highest BCUT2D eigenvalue weighted by Crippen LogP contribution is 2.35. The third kappa shape index (κ3) is 4.67. The number of hydrogen-bond donors (Lipinski definition) is 1. The molecule has 8 heteroatoms. The zero-order chi connectivity index (χ0) is 21.8. The van der Waals surface area contributed by atoms with Crippen molar-refractivity contribution in [3.8, 4) is 11.5 Å². The van der Waals surface area contributed by atoms with Gasteiger partial charge in [-0.25, -0.2) is 9.59 Å². The lowest BCUT2D eigenvalue weighted by Gasteiger charge is -2.21. The van der Waals surface area contributed by atoms with E-state index in [0.29, 0.717) is 22.1 Å². The number of esters is 1. The van der Waals surface area contributed by atoms with Crippen LogP contribution in [0.1, 0.15) is 20.7 Å². The third-order valence-corrected chi connectivity index (χ3v) is 4.92. The summed E-state index contributed by atoms with van der Waals surface area (Å²) < 4.78 is 10.8. The smallest absolute Gasteiger partial charge is 0.345 e. The highest BCUT2D eigenvalue weighted by atomic mass is 35.5. The number of carbonyl (C=O) groups is 2. The van der Waals surface area contributed by atoms with Gasteiger partial charge in [0.15, 0.2) is 11.5 Å². The van der Waals surface area contributed by atoms with Gasteiger partial charge in [-0.3, -0.25) is 0 Å². The summed E-state index contributed by atoms with van der Waals surface area (Å²) in [5.41, 5.74) is 1.74. The van der Waals surface area contributed by atoms with Crippen molar-refractivity contribution < 1.29 is 24.2 Å². The number of carbonyl (C=O) groups excluding carboxylic acids is 1. The molecule has 0 aromatic heterocycles.